The summed E-state index contributed by atoms with van der Waals surface area (Å²) in [5.41, 5.74) is 10.4. The van der Waals surface area contributed by atoms with E-state index in [-0.39, 0.29) is 0 Å². The van der Waals surface area contributed by atoms with Gasteiger partial charge in [0.2, 0.25) is 0 Å². The molecule has 3 aromatic rings. The first kappa shape index (κ1) is 19.3. The van der Waals surface area contributed by atoms with E-state index in [9.17, 15) is 9.90 Å². The summed E-state index contributed by atoms with van der Waals surface area (Å²) in [5, 5.41) is 9.95. The number of pyridine rings is 1. The Morgan fingerprint density at radius 3 is 2.82 bits per heavy atom. The fourth-order valence-electron chi connectivity index (χ4n) is 2.70. The SMILES string of the molecule is CCN(C)C(=O)[C@H](O)C#Cc1cccc(-c2cc(C)c3ncnc(N)c3n2)c1. The summed E-state index contributed by atoms with van der Waals surface area (Å²) in [7, 11) is 1.62. The summed E-state index contributed by atoms with van der Waals surface area (Å²) < 4.78 is 0. The molecule has 0 saturated heterocycles. The first-order valence-electron chi connectivity index (χ1n) is 8.83. The minimum Gasteiger partial charge on any atom is -0.382 e. The third-order valence-corrected chi connectivity index (χ3v) is 4.41. The molecule has 2 aromatic heterocycles. The maximum atomic E-state index is 11.9. The number of aryl methyl sites for hydroxylation is 1. The van der Waals surface area contributed by atoms with Gasteiger partial charge in [0.15, 0.2) is 11.9 Å². The molecule has 142 valence electrons. The Morgan fingerprint density at radius 2 is 2.07 bits per heavy atom. The Kier molecular flexibility index (Phi) is 5.52. The highest BCUT2D eigenvalue weighted by Gasteiger charge is 2.15. The topological polar surface area (TPSA) is 105 Å². The Hall–Kier alpha value is -3.50. The van der Waals surface area contributed by atoms with Crippen LogP contribution < -0.4 is 5.73 Å². The van der Waals surface area contributed by atoms with Crippen LogP contribution in [0, 0.1) is 18.8 Å². The minimum atomic E-state index is -1.36. The van der Waals surface area contributed by atoms with E-state index in [4.69, 9.17) is 5.73 Å². The van der Waals surface area contributed by atoms with Crippen LogP contribution >= 0.6 is 0 Å². The molecule has 0 aliphatic carbocycles. The molecular formula is C21H21N5O2. The zero-order valence-electron chi connectivity index (χ0n) is 16.0. The molecule has 3 N–H and O–H groups in total. The van der Waals surface area contributed by atoms with Crippen molar-refractivity contribution in [2.75, 3.05) is 19.3 Å². The van der Waals surface area contributed by atoms with Gasteiger partial charge in [-0.1, -0.05) is 24.0 Å². The van der Waals surface area contributed by atoms with Gasteiger partial charge in [0.25, 0.3) is 5.91 Å². The molecule has 0 unspecified atom stereocenters. The molecular weight excluding hydrogens is 354 g/mol. The number of hydrogen-bond donors (Lipinski definition) is 2. The number of aliphatic hydroxyl groups is 1. The molecule has 7 nitrogen and oxygen atoms in total. The van der Waals surface area contributed by atoms with E-state index in [1.165, 1.54) is 11.2 Å². The van der Waals surface area contributed by atoms with Crippen molar-refractivity contribution in [2.24, 2.45) is 0 Å². The number of amides is 1. The van der Waals surface area contributed by atoms with Crippen molar-refractivity contribution in [1.82, 2.24) is 19.9 Å². The zero-order chi connectivity index (χ0) is 20.3. The van der Waals surface area contributed by atoms with Crippen molar-refractivity contribution in [3.63, 3.8) is 0 Å². The van der Waals surface area contributed by atoms with E-state index in [1.807, 2.05) is 44.2 Å². The molecule has 1 aromatic carbocycles. The second kappa shape index (κ2) is 8.03. The van der Waals surface area contributed by atoms with Gasteiger partial charge in [0, 0.05) is 24.7 Å². The number of anilines is 1. The Balaban J connectivity index is 1.95. The lowest BCUT2D eigenvalue weighted by molar-refractivity contribution is -0.135. The maximum Gasteiger partial charge on any atom is 0.263 e. The number of rotatable bonds is 3. The van der Waals surface area contributed by atoms with Crippen LogP contribution in [0.4, 0.5) is 5.82 Å². The first-order chi connectivity index (χ1) is 13.4. The van der Waals surface area contributed by atoms with Crippen LogP contribution in [0.5, 0.6) is 0 Å². The van der Waals surface area contributed by atoms with Crippen molar-refractivity contribution in [3.8, 4) is 23.1 Å². The van der Waals surface area contributed by atoms with E-state index in [0.29, 0.717) is 29.0 Å². The van der Waals surface area contributed by atoms with Gasteiger partial charge in [-0.05, 0) is 37.6 Å². The fourth-order valence-corrected chi connectivity index (χ4v) is 2.70. The number of fused-ring (bicyclic) bond motifs is 1. The van der Waals surface area contributed by atoms with Crippen molar-refractivity contribution >= 4 is 22.8 Å². The van der Waals surface area contributed by atoms with Gasteiger partial charge in [-0.15, -0.1) is 0 Å². The molecule has 0 aliphatic rings. The number of carbonyl (C=O) groups excluding carboxylic acids is 1. The largest absolute Gasteiger partial charge is 0.382 e. The second-order valence-electron chi connectivity index (χ2n) is 6.39. The first-order valence-corrected chi connectivity index (χ1v) is 8.83. The molecule has 7 heteroatoms. The zero-order valence-corrected chi connectivity index (χ0v) is 16.0. The van der Waals surface area contributed by atoms with Gasteiger partial charge >= 0.3 is 0 Å². The molecule has 28 heavy (non-hydrogen) atoms. The van der Waals surface area contributed by atoms with E-state index in [1.54, 1.807) is 7.05 Å². The normalized spacial score (nSPS) is 11.6. The fraction of sp³-hybridized carbons (Fsp3) is 0.238. The third-order valence-electron chi connectivity index (χ3n) is 4.41. The van der Waals surface area contributed by atoms with Crippen molar-refractivity contribution in [1.29, 1.82) is 0 Å². The van der Waals surface area contributed by atoms with Gasteiger partial charge in [0.05, 0.1) is 11.2 Å². The summed E-state index contributed by atoms with van der Waals surface area (Å²) in [4.78, 5) is 26.2. The molecule has 0 fully saturated rings. The van der Waals surface area contributed by atoms with Gasteiger partial charge in [0.1, 0.15) is 11.8 Å². The molecule has 0 bridgehead atoms. The number of hydrogen-bond acceptors (Lipinski definition) is 6. The van der Waals surface area contributed by atoms with Crippen LogP contribution in [-0.2, 0) is 4.79 Å². The van der Waals surface area contributed by atoms with E-state index in [2.05, 4.69) is 26.8 Å². The molecule has 0 aliphatic heterocycles. The molecule has 0 radical (unpaired) electrons. The standard InChI is InChI=1S/C21H21N5O2/c1-4-26(3)21(28)17(27)9-8-14-6-5-7-15(11-14)16-10-13(2)18-19(25-16)20(22)24-12-23-18/h5-7,10-12,17,27H,4H2,1-3H3,(H2,22,23,24)/t17-/m1/s1. The van der Waals surface area contributed by atoms with Crippen LogP contribution in [0.3, 0.4) is 0 Å². The summed E-state index contributed by atoms with van der Waals surface area (Å²) in [6.45, 7) is 4.28. The second-order valence-corrected chi connectivity index (χ2v) is 6.39. The lowest BCUT2D eigenvalue weighted by Crippen LogP contribution is -2.35. The highest BCUT2D eigenvalue weighted by Crippen LogP contribution is 2.25. The number of benzene rings is 1. The monoisotopic (exact) mass is 375 g/mol. The van der Waals surface area contributed by atoms with Gasteiger partial charge in [-0.2, -0.15) is 0 Å². The quantitative estimate of drug-likeness (QED) is 0.676. The summed E-state index contributed by atoms with van der Waals surface area (Å²) in [5.74, 6) is 5.35. The van der Waals surface area contributed by atoms with Gasteiger partial charge < -0.3 is 15.7 Å². The Bertz CT molecular complexity index is 1100. The average Bonchev–Trinajstić information content (AvgIpc) is 2.71. The highest BCUT2D eigenvalue weighted by atomic mass is 16.3. The number of aliphatic hydroxyl groups excluding tert-OH is 1. The number of nitrogens with zero attached hydrogens (tertiary/aromatic N) is 4. The lowest BCUT2D eigenvalue weighted by Gasteiger charge is -2.15. The van der Waals surface area contributed by atoms with E-state index in [0.717, 1.165) is 16.8 Å². The van der Waals surface area contributed by atoms with E-state index >= 15 is 0 Å². The van der Waals surface area contributed by atoms with Crippen LogP contribution in [-0.4, -0.2) is 50.6 Å². The summed E-state index contributed by atoms with van der Waals surface area (Å²) in [6.07, 6.45) is 0.0664. The smallest absolute Gasteiger partial charge is 0.263 e. The number of nitrogens with two attached hydrogens (primary N) is 1. The number of carbonyl (C=O) groups is 1. The van der Waals surface area contributed by atoms with Crippen LogP contribution in [0.15, 0.2) is 36.7 Å². The molecule has 0 spiro atoms. The summed E-state index contributed by atoms with van der Waals surface area (Å²) in [6, 6.07) is 9.34. The predicted octanol–water partition coefficient (Wildman–Crippen LogP) is 1.77. The third kappa shape index (κ3) is 3.92. The average molecular weight is 375 g/mol. The molecule has 0 saturated carbocycles. The number of likely N-dealkylation sites (N-methyl/N-ethyl adjacent to an activating group) is 1. The minimum absolute atomic E-state index is 0.326. The Morgan fingerprint density at radius 1 is 1.29 bits per heavy atom. The Labute approximate surface area is 163 Å². The highest BCUT2D eigenvalue weighted by molar-refractivity contribution is 5.88. The number of nitrogen functional groups attached to an aromatic ring is 1. The number of aromatic nitrogens is 3. The molecule has 1 atom stereocenters. The van der Waals surface area contributed by atoms with Crippen LogP contribution in [0.2, 0.25) is 0 Å². The predicted molar refractivity (Wildman–Crippen MR) is 108 cm³/mol. The van der Waals surface area contributed by atoms with Gasteiger partial charge in [-0.3, -0.25) is 4.79 Å². The van der Waals surface area contributed by atoms with Crippen LogP contribution in [0.25, 0.3) is 22.3 Å². The van der Waals surface area contributed by atoms with Crippen molar-refractivity contribution < 1.29 is 9.90 Å². The summed E-state index contributed by atoms with van der Waals surface area (Å²) >= 11 is 0. The lowest BCUT2D eigenvalue weighted by atomic mass is 10.1. The molecule has 1 amide bonds. The van der Waals surface area contributed by atoms with E-state index < -0.39 is 12.0 Å². The van der Waals surface area contributed by atoms with Crippen LogP contribution in [0.1, 0.15) is 18.1 Å². The van der Waals surface area contributed by atoms with Crippen molar-refractivity contribution in [2.45, 2.75) is 20.0 Å². The molecule has 2 heterocycles. The maximum absolute atomic E-state index is 11.9. The molecule has 3 rings (SSSR count). The van der Waals surface area contributed by atoms with Crippen molar-refractivity contribution in [3.05, 3.63) is 47.8 Å². The van der Waals surface area contributed by atoms with Gasteiger partial charge in [-0.25, -0.2) is 15.0 Å².